The Bertz CT molecular complexity index is 902. The summed E-state index contributed by atoms with van der Waals surface area (Å²) < 4.78 is 22.9. The molecule has 178 valence electrons. The second-order valence-corrected chi connectivity index (χ2v) is 11.9. The first-order chi connectivity index (χ1) is 14.6. The van der Waals surface area contributed by atoms with E-state index in [1.807, 2.05) is 27.7 Å². The standard InChI is InChI=1S/C26H37FO5/c1-15(32-22(2,3)4)21(30)25(31)12-10-18-19-8-7-16-13-17(28)9-11-23(16,5)26(19,27)20(29)14-24(18,25)6/h9,11,13,15,18-20,29,31H,7-8,10,12,14H2,1-6H3. The average molecular weight is 449 g/mol. The highest BCUT2D eigenvalue weighted by atomic mass is 19.1. The lowest BCUT2D eigenvalue weighted by Crippen LogP contribution is -2.69. The molecule has 8 atom stereocenters. The van der Waals surface area contributed by atoms with Gasteiger partial charge in [-0.05, 0) is 84.8 Å². The number of alkyl halides is 1. The van der Waals surface area contributed by atoms with Crippen molar-refractivity contribution in [2.24, 2.45) is 22.7 Å². The highest BCUT2D eigenvalue weighted by molar-refractivity contribution is 6.01. The van der Waals surface area contributed by atoms with Gasteiger partial charge in [-0.25, -0.2) is 4.39 Å². The van der Waals surface area contributed by atoms with Crippen molar-refractivity contribution in [3.63, 3.8) is 0 Å². The van der Waals surface area contributed by atoms with Crippen molar-refractivity contribution >= 4 is 11.6 Å². The first-order valence-corrected chi connectivity index (χ1v) is 11.9. The van der Waals surface area contributed by atoms with Crippen molar-refractivity contribution in [3.8, 4) is 0 Å². The molecule has 8 unspecified atom stereocenters. The number of aliphatic hydroxyl groups is 2. The van der Waals surface area contributed by atoms with Gasteiger partial charge in [0.2, 0.25) is 0 Å². The molecule has 0 bridgehead atoms. The molecule has 3 fully saturated rings. The van der Waals surface area contributed by atoms with E-state index in [0.29, 0.717) is 19.3 Å². The summed E-state index contributed by atoms with van der Waals surface area (Å²) in [7, 11) is 0. The zero-order valence-electron chi connectivity index (χ0n) is 20.1. The van der Waals surface area contributed by atoms with Crippen molar-refractivity contribution in [2.75, 3.05) is 0 Å². The summed E-state index contributed by atoms with van der Waals surface area (Å²) in [5.41, 5.74) is -5.48. The molecule has 5 nitrogen and oxygen atoms in total. The van der Waals surface area contributed by atoms with Crippen molar-refractivity contribution in [2.45, 2.75) is 103 Å². The summed E-state index contributed by atoms with van der Waals surface area (Å²) in [6.45, 7) is 10.8. The third kappa shape index (κ3) is 2.98. The molecule has 0 heterocycles. The molecule has 6 heteroatoms. The molecule has 0 aromatic carbocycles. The van der Waals surface area contributed by atoms with Crippen molar-refractivity contribution in [1.82, 2.24) is 0 Å². The van der Waals surface area contributed by atoms with Crippen molar-refractivity contribution in [3.05, 3.63) is 23.8 Å². The highest BCUT2D eigenvalue weighted by Gasteiger charge is 2.74. The largest absolute Gasteiger partial charge is 0.390 e. The van der Waals surface area contributed by atoms with E-state index in [4.69, 9.17) is 4.74 Å². The predicted octanol–water partition coefficient (Wildman–Crippen LogP) is 3.86. The number of allylic oxidation sites excluding steroid dienone is 4. The van der Waals surface area contributed by atoms with Crippen LogP contribution in [0.5, 0.6) is 0 Å². The molecule has 32 heavy (non-hydrogen) atoms. The van der Waals surface area contributed by atoms with Gasteiger partial charge in [-0.2, -0.15) is 0 Å². The Balaban J connectivity index is 1.71. The van der Waals surface area contributed by atoms with Crippen LogP contribution >= 0.6 is 0 Å². The average Bonchev–Trinajstić information content (AvgIpc) is 2.93. The molecule has 4 aliphatic rings. The van der Waals surface area contributed by atoms with Gasteiger partial charge in [0.25, 0.3) is 0 Å². The number of aliphatic hydroxyl groups excluding tert-OH is 1. The van der Waals surface area contributed by atoms with Crippen molar-refractivity contribution in [1.29, 1.82) is 0 Å². The number of Topliss-reactive ketones (excluding diaryl/α,β-unsaturated/α-hetero) is 1. The molecule has 4 rings (SSSR count). The lowest BCUT2D eigenvalue weighted by molar-refractivity contribution is -0.220. The van der Waals surface area contributed by atoms with E-state index in [-0.39, 0.29) is 30.3 Å². The number of fused-ring (bicyclic) bond motifs is 5. The second-order valence-electron chi connectivity index (χ2n) is 11.9. The number of carbonyl (C=O) groups excluding carboxylic acids is 2. The van der Waals surface area contributed by atoms with Gasteiger partial charge >= 0.3 is 0 Å². The molecule has 0 aromatic heterocycles. The number of rotatable bonds is 3. The fraction of sp³-hybridized carbons (Fsp3) is 0.769. The van der Waals surface area contributed by atoms with E-state index in [0.717, 1.165) is 5.57 Å². The van der Waals surface area contributed by atoms with Crippen LogP contribution in [0.3, 0.4) is 0 Å². The van der Waals surface area contributed by atoms with Crippen LogP contribution in [0.4, 0.5) is 4.39 Å². The quantitative estimate of drug-likeness (QED) is 0.685. The summed E-state index contributed by atoms with van der Waals surface area (Å²) in [5, 5.41) is 23.1. The summed E-state index contributed by atoms with van der Waals surface area (Å²) in [6.07, 6.45) is 4.14. The summed E-state index contributed by atoms with van der Waals surface area (Å²) in [6, 6.07) is 0. The highest BCUT2D eigenvalue weighted by Crippen LogP contribution is 2.69. The fourth-order valence-electron chi connectivity index (χ4n) is 7.54. The Morgan fingerprint density at radius 2 is 1.91 bits per heavy atom. The smallest absolute Gasteiger partial charge is 0.193 e. The zero-order chi connectivity index (χ0) is 23.9. The van der Waals surface area contributed by atoms with Crippen LogP contribution in [-0.2, 0) is 14.3 Å². The van der Waals surface area contributed by atoms with Crippen LogP contribution in [0.1, 0.15) is 73.6 Å². The Morgan fingerprint density at radius 1 is 1.25 bits per heavy atom. The molecule has 0 saturated heterocycles. The number of ketones is 2. The molecule has 2 N–H and O–H groups in total. The maximum atomic E-state index is 17.1. The van der Waals surface area contributed by atoms with E-state index in [2.05, 4.69) is 0 Å². The third-order valence-corrected chi connectivity index (χ3v) is 9.10. The maximum absolute atomic E-state index is 17.1. The van der Waals surface area contributed by atoms with Gasteiger partial charge in [0.05, 0.1) is 11.7 Å². The minimum atomic E-state index is -1.96. The minimum absolute atomic E-state index is 0.0141. The molecule has 3 saturated carbocycles. The van der Waals surface area contributed by atoms with E-state index in [9.17, 15) is 19.8 Å². The third-order valence-electron chi connectivity index (χ3n) is 9.10. The minimum Gasteiger partial charge on any atom is -0.390 e. The van der Waals surface area contributed by atoms with Gasteiger partial charge in [-0.3, -0.25) is 9.59 Å². The van der Waals surface area contributed by atoms with Crippen LogP contribution in [-0.4, -0.2) is 50.9 Å². The maximum Gasteiger partial charge on any atom is 0.193 e. The van der Waals surface area contributed by atoms with Crippen molar-refractivity contribution < 1.29 is 28.9 Å². The van der Waals surface area contributed by atoms with Gasteiger partial charge in [0, 0.05) is 16.7 Å². The normalized spacial score (nSPS) is 46.7. The molecule has 0 aliphatic heterocycles. The van der Waals surface area contributed by atoms with Gasteiger partial charge in [0.1, 0.15) is 11.7 Å². The molecule has 0 spiro atoms. The van der Waals surface area contributed by atoms with E-state index in [1.165, 1.54) is 12.2 Å². The number of halogens is 1. The van der Waals surface area contributed by atoms with Crippen LogP contribution in [0.2, 0.25) is 0 Å². The Kier molecular flexibility index (Phi) is 5.25. The first kappa shape index (κ1) is 23.8. The summed E-state index contributed by atoms with van der Waals surface area (Å²) in [4.78, 5) is 25.4. The lowest BCUT2D eigenvalue weighted by atomic mass is 9.44. The number of ether oxygens (including phenoxy) is 1. The second kappa shape index (κ2) is 7.07. The Labute approximate surface area is 190 Å². The van der Waals surface area contributed by atoms with Crippen LogP contribution in [0.15, 0.2) is 23.8 Å². The van der Waals surface area contributed by atoms with Gasteiger partial charge < -0.3 is 14.9 Å². The topological polar surface area (TPSA) is 83.8 Å². The number of carbonyl (C=O) groups is 2. The van der Waals surface area contributed by atoms with Crippen LogP contribution < -0.4 is 0 Å². The van der Waals surface area contributed by atoms with Gasteiger partial charge in [-0.1, -0.05) is 18.6 Å². The molecule has 0 amide bonds. The van der Waals surface area contributed by atoms with E-state index < -0.39 is 45.8 Å². The summed E-state index contributed by atoms with van der Waals surface area (Å²) in [5.74, 6) is -1.31. The molecular weight excluding hydrogens is 411 g/mol. The number of hydrogen-bond donors (Lipinski definition) is 2. The molecular formula is C26H37FO5. The fourth-order valence-corrected chi connectivity index (χ4v) is 7.54. The van der Waals surface area contributed by atoms with E-state index in [1.54, 1.807) is 19.9 Å². The molecule has 0 aromatic rings. The monoisotopic (exact) mass is 448 g/mol. The lowest BCUT2D eigenvalue weighted by Gasteiger charge is -2.62. The Hall–Kier alpha value is -1.37. The summed E-state index contributed by atoms with van der Waals surface area (Å²) >= 11 is 0. The SMILES string of the molecule is CC(OC(C)(C)C)C(=O)C1(O)CCC2C3CCC4=CC(=O)C=CC4(C)C3(F)C(O)CC21C. The zero-order valence-corrected chi connectivity index (χ0v) is 20.1. The van der Waals surface area contributed by atoms with Crippen LogP contribution in [0.25, 0.3) is 0 Å². The van der Waals surface area contributed by atoms with Crippen LogP contribution in [0, 0.1) is 22.7 Å². The predicted molar refractivity (Wildman–Crippen MR) is 119 cm³/mol. The first-order valence-electron chi connectivity index (χ1n) is 11.9. The van der Waals surface area contributed by atoms with Gasteiger partial charge in [0.15, 0.2) is 17.2 Å². The number of hydrogen-bond acceptors (Lipinski definition) is 5. The van der Waals surface area contributed by atoms with E-state index >= 15 is 4.39 Å². The molecule has 0 radical (unpaired) electrons. The van der Waals surface area contributed by atoms with Gasteiger partial charge in [-0.15, -0.1) is 0 Å². The Morgan fingerprint density at radius 3 is 2.53 bits per heavy atom. The molecule has 4 aliphatic carbocycles.